The molecular formula is C16H46O5Si6. The average Bonchev–Trinajstić information content (AvgIpc) is 2.31. The molecule has 0 aromatic carbocycles. The van der Waals surface area contributed by atoms with Crippen LogP contribution in [-0.4, -0.2) is 58.7 Å². The molecule has 0 aromatic rings. The summed E-state index contributed by atoms with van der Waals surface area (Å²) in [6, 6.07) is 2.21. The van der Waals surface area contributed by atoms with Crippen molar-refractivity contribution in [1.29, 1.82) is 0 Å². The molecule has 0 aliphatic carbocycles. The zero-order valence-corrected chi connectivity index (χ0v) is 26.5. The van der Waals surface area contributed by atoms with Crippen LogP contribution in [0.15, 0.2) is 0 Å². The van der Waals surface area contributed by atoms with E-state index in [1.54, 1.807) is 0 Å². The molecule has 0 amide bonds. The highest BCUT2D eigenvalue weighted by Gasteiger charge is 2.53. The van der Waals surface area contributed by atoms with Crippen LogP contribution in [-0.2, 0) is 20.9 Å². The highest BCUT2D eigenvalue weighted by Crippen LogP contribution is 2.27. The van der Waals surface area contributed by atoms with Crippen molar-refractivity contribution in [3.05, 3.63) is 0 Å². The summed E-state index contributed by atoms with van der Waals surface area (Å²) in [5.74, 6) is 0. The van der Waals surface area contributed by atoms with Crippen LogP contribution in [0.4, 0.5) is 0 Å². The fourth-order valence-corrected chi connectivity index (χ4v) is 18.4. The lowest BCUT2D eigenvalue weighted by atomic mass is 10.6. The lowest BCUT2D eigenvalue weighted by molar-refractivity contribution is 0.0885. The van der Waals surface area contributed by atoms with Crippen molar-refractivity contribution in [3.8, 4) is 0 Å². The van der Waals surface area contributed by atoms with Crippen molar-refractivity contribution in [1.82, 2.24) is 0 Å². The van der Waals surface area contributed by atoms with Gasteiger partial charge in [-0.05, 0) is 84.1 Å². The topological polar surface area (TPSA) is 46.2 Å². The molecule has 0 aromatic heterocycles. The van der Waals surface area contributed by atoms with Crippen LogP contribution in [0.1, 0.15) is 13.3 Å². The first-order valence-corrected chi connectivity index (χ1v) is 26.8. The first kappa shape index (κ1) is 28.1. The third kappa shape index (κ3) is 15.6. The molecule has 27 heavy (non-hydrogen) atoms. The van der Waals surface area contributed by atoms with Crippen molar-refractivity contribution in [2.45, 2.75) is 97.4 Å². The Morgan fingerprint density at radius 1 is 0.667 bits per heavy atom. The van der Waals surface area contributed by atoms with Crippen molar-refractivity contribution in [2.75, 3.05) is 6.61 Å². The molecule has 164 valence electrons. The standard InChI is InChI=1S/C16H46O5Si6/c1-13-15-22-18-26(11,12)16-14-17-27(19-23(2,3)4,20-24(5,6)7)21-25(8,9)10/h13-16,22H2,1-12H3. The van der Waals surface area contributed by atoms with Gasteiger partial charge in [-0.25, -0.2) is 0 Å². The second kappa shape index (κ2) is 10.9. The molecule has 0 N–H and O–H groups in total. The third-order valence-corrected chi connectivity index (χ3v) is 20.5. The number of rotatable bonds is 14. The lowest BCUT2D eigenvalue weighted by Gasteiger charge is -2.41. The molecule has 0 radical (unpaired) electrons. The van der Waals surface area contributed by atoms with Gasteiger partial charge in [0.2, 0.25) is 0 Å². The Balaban J connectivity index is 5.31. The van der Waals surface area contributed by atoms with E-state index in [4.69, 9.17) is 20.9 Å². The van der Waals surface area contributed by atoms with Gasteiger partial charge in [0.25, 0.3) is 0 Å². The predicted molar refractivity (Wildman–Crippen MR) is 132 cm³/mol. The third-order valence-electron chi connectivity index (χ3n) is 3.27. The van der Waals surface area contributed by atoms with Gasteiger partial charge < -0.3 is 20.9 Å². The van der Waals surface area contributed by atoms with Gasteiger partial charge in [0.05, 0.1) is 0 Å². The van der Waals surface area contributed by atoms with E-state index >= 15 is 0 Å². The van der Waals surface area contributed by atoms with Crippen molar-refractivity contribution in [3.63, 3.8) is 0 Å². The molecule has 11 heteroatoms. The lowest BCUT2D eigenvalue weighted by Crippen LogP contribution is -2.62. The van der Waals surface area contributed by atoms with E-state index in [0.29, 0.717) is 6.61 Å². The van der Waals surface area contributed by atoms with Crippen LogP contribution in [0.2, 0.25) is 84.1 Å². The summed E-state index contributed by atoms with van der Waals surface area (Å²) in [4.78, 5) is 0. The van der Waals surface area contributed by atoms with Crippen LogP contribution in [0.3, 0.4) is 0 Å². The van der Waals surface area contributed by atoms with Crippen molar-refractivity contribution >= 4 is 52.1 Å². The maximum Gasteiger partial charge on any atom is 0.647 e. The quantitative estimate of drug-likeness (QED) is 0.252. The maximum absolute atomic E-state index is 6.55. The van der Waals surface area contributed by atoms with E-state index in [1.807, 2.05) is 0 Å². The average molecular weight is 487 g/mol. The van der Waals surface area contributed by atoms with E-state index < -0.39 is 52.1 Å². The summed E-state index contributed by atoms with van der Waals surface area (Å²) >= 11 is 0. The molecular weight excluding hydrogens is 441 g/mol. The van der Waals surface area contributed by atoms with E-state index in [0.717, 1.165) is 6.04 Å². The summed E-state index contributed by atoms with van der Waals surface area (Å²) in [5.41, 5.74) is 0. The fraction of sp³-hybridized carbons (Fsp3) is 1.00. The highest BCUT2D eigenvalue weighted by atomic mass is 28.5. The molecule has 0 heterocycles. The second-order valence-electron chi connectivity index (χ2n) is 10.7. The summed E-state index contributed by atoms with van der Waals surface area (Å²) in [5, 5.41) is 0. The first-order valence-electron chi connectivity index (χ1n) is 10.3. The SMILES string of the molecule is CCC[SiH2]O[Si](C)(C)CCO[Si](O[Si](C)(C)C)(O[Si](C)(C)C)O[Si](C)(C)C. The second-order valence-corrected chi connectivity index (χ2v) is 33.4. The molecule has 0 saturated heterocycles. The first-order chi connectivity index (χ1) is 11.9. The molecule has 0 unspecified atom stereocenters. The number of hydrogen-bond acceptors (Lipinski definition) is 5. The zero-order chi connectivity index (χ0) is 21.6. The van der Waals surface area contributed by atoms with E-state index in [9.17, 15) is 0 Å². The summed E-state index contributed by atoms with van der Waals surface area (Å²) < 4.78 is 32.4. The maximum atomic E-state index is 6.55. The normalized spacial score (nSPS) is 15.1. The largest absolute Gasteiger partial charge is 0.647 e. The summed E-state index contributed by atoms with van der Waals surface area (Å²) in [6.45, 7) is 27.0. The summed E-state index contributed by atoms with van der Waals surface area (Å²) in [7, 11) is -10.9. The van der Waals surface area contributed by atoms with Gasteiger partial charge in [-0.15, -0.1) is 0 Å². The Bertz CT molecular complexity index is 388. The molecule has 0 spiro atoms. The monoisotopic (exact) mass is 486 g/mol. The Morgan fingerprint density at radius 3 is 1.41 bits per heavy atom. The smallest absolute Gasteiger partial charge is 0.460 e. The van der Waals surface area contributed by atoms with Gasteiger partial charge in [0.1, 0.15) is 9.76 Å². The predicted octanol–water partition coefficient (Wildman–Crippen LogP) is 5.13. The van der Waals surface area contributed by atoms with Gasteiger partial charge in [-0.3, -0.25) is 0 Å². The van der Waals surface area contributed by atoms with Gasteiger partial charge in [0, 0.05) is 6.61 Å². The van der Waals surface area contributed by atoms with E-state index in [2.05, 4.69) is 78.9 Å². The van der Waals surface area contributed by atoms with Gasteiger partial charge in [0.15, 0.2) is 33.3 Å². The molecule has 0 atom stereocenters. The minimum Gasteiger partial charge on any atom is -0.460 e. The van der Waals surface area contributed by atoms with Gasteiger partial charge >= 0.3 is 9.05 Å². The van der Waals surface area contributed by atoms with Crippen LogP contribution in [0, 0.1) is 0 Å². The zero-order valence-electron chi connectivity index (χ0n) is 20.1. The fourth-order valence-electron chi connectivity index (χ4n) is 2.26. The molecule has 0 fully saturated rings. The number of hydrogen-bond donors (Lipinski definition) is 0. The van der Waals surface area contributed by atoms with Crippen LogP contribution in [0.5, 0.6) is 0 Å². The van der Waals surface area contributed by atoms with Gasteiger partial charge in [-0.2, -0.15) is 0 Å². The highest BCUT2D eigenvalue weighted by molar-refractivity contribution is 6.87. The summed E-state index contributed by atoms with van der Waals surface area (Å²) in [6.07, 6.45) is 1.22. The van der Waals surface area contributed by atoms with Crippen molar-refractivity contribution < 1.29 is 20.9 Å². The van der Waals surface area contributed by atoms with E-state index in [1.165, 1.54) is 12.5 Å². The Labute approximate surface area is 176 Å². The van der Waals surface area contributed by atoms with E-state index in [-0.39, 0.29) is 0 Å². The molecule has 0 rings (SSSR count). The Hall–Kier alpha value is 1.10. The van der Waals surface area contributed by atoms with Crippen LogP contribution >= 0.6 is 0 Å². The minimum atomic E-state index is -3.18. The molecule has 5 nitrogen and oxygen atoms in total. The molecule has 0 aliphatic rings. The van der Waals surface area contributed by atoms with Crippen molar-refractivity contribution in [2.24, 2.45) is 0 Å². The van der Waals surface area contributed by atoms with Crippen LogP contribution < -0.4 is 0 Å². The molecule has 0 saturated carbocycles. The van der Waals surface area contributed by atoms with Gasteiger partial charge in [-0.1, -0.05) is 13.3 Å². The molecule has 0 aliphatic heterocycles. The minimum absolute atomic E-state index is 0.394. The molecule has 0 bridgehead atoms. The van der Waals surface area contributed by atoms with Crippen LogP contribution in [0.25, 0.3) is 0 Å². The Morgan fingerprint density at radius 2 is 1.07 bits per heavy atom. The Kier molecular flexibility index (Phi) is 11.4.